The van der Waals surface area contributed by atoms with Crippen LogP contribution in [-0.4, -0.2) is 20.5 Å². The smallest absolute Gasteiger partial charge is 0.280 e. The van der Waals surface area contributed by atoms with Crippen molar-refractivity contribution < 1.29 is 9.72 Å². The van der Waals surface area contributed by atoms with Crippen LogP contribution < -0.4 is 0 Å². The molecule has 2 aromatic rings. The van der Waals surface area contributed by atoms with Crippen molar-refractivity contribution in [3.63, 3.8) is 0 Å². The number of nitro benzene ring substituents is 1. The first-order chi connectivity index (χ1) is 9.32. The van der Waals surface area contributed by atoms with Crippen molar-refractivity contribution in [1.82, 2.24) is 9.78 Å². The molecule has 0 spiro atoms. The van der Waals surface area contributed by atoms with E-state index in [1.54, 1.807) is 10.7 Å². The minimum Gasteiger partial charge on any atom is -0.294 e. The van der Waals surface area contributed by atoms with E-state index in [1.807, 2.05) is 13.8 Å². The highest BCUT2D eigenvalue weighted by atomic mass is 79.9. The number of carbonyl (C=O) groups excluding carboxylic acids is 1. The fourth-order valence-electron chi connectivity index (χ4n) is 1.97. The van der Waals surface area contributed by atoms with Crippen molar-refractivity contribution in [1.29, 1.82) is 0 Å². The lowest BCUT2D eigenvalue weighted by Gasteiger charge is -2.06. The molecular formula is C13H12BrN3O3. The van der Waals surface area contributed by atoms with E-state index in [2.05, 4.69) is 21.0 Å². The number of carbonyl (C=O) groups is 1. The van der Waals surface area contributed by atoms with E-state index in [9.17, 15) is 14.9 Å². The minimum atomic E-state index is -0.558. The van der Waals surface area contributed by atoms with Crippen molar-refractivity contribution in [3.8, 4) is 5.69 Å². The fourth-order valence-corrected chi connectivity index (χ4v) is 2.22. The van der Waals surface area contributed by atoms with Gasteiger partial charge in [-0.1, -0.05) is 0 Å². The third-order valence-corrected chi connectivity index (χ3v) is 4.15. The maximum absolute atomic E-state index is 11.6. The first-order valence-corrected chi connectivity index (χ1v) is 6.63. The lowest BCUT2D eigenvalue weighted by Crippen LogP contribution is -2.05. The Bertz CT molecular complexity index is 722. The van der Waals surface area contributed by atoms with Crippen LogP contribution in [0.4, 0.5) is 5.69 Å². The summed E-state index contributed by atoms with van der Waals surface area (Å²) < 4.78 is 2.52. The number of aryl methyl sites for hydroxylation is 1. The third-order valence-electron chi connectivity index (χ3n) is 3.00. The fraction of sp³-hybridized carbons (Fsp3) is 0.231. The van der Waals surface area contributed by atoms with Crippen LogP contribution in [-0.2, 0) is 0 Å². The molecule has 7 heteroatoms. The molecule has 0 saturated heterocycles. The van der Waals surface area contributed by atoms with E-state index in [-0.39, 0.29) is 17.0 Å². The average molecular weight is 338 g/mol. The summed E-state index contributed by atoms with van der Waals surface area (Å²) in [6.45, 7) is 5.03. The summed E-state index contributed by atoms with van der Waals surface area (Å²) in [5.41, 5.74) is 2.18. The predicted molar refractivity (Wildman–Crippen MR) is 77.4 cm³/mol. The van der Waals surface area contributed by atoms with E-state index in [0.717, 1.165) is 15.9 Å². The Hall–Kier alpha value is -2.02. The molecule has 0 aliphatic carbocycles. The molecule has 0 saturated carbocycles. The average Bonchev–Trinajstić information content (AvgIpc) is 2.65. The Morgan fingerprint density at radius 1 is 1.40 bits per heavy atom. The van der Waals surface area contributed by atoms with Gasteiger partial charge < -0.3 is 0 Å². The molecule has 6 nitrogen and oxygen atoms in total. The van der Waals surface area contributed by atoms with Crippen molar-refractivity contribution in [3.05, 3.63) is 49.7 Å². The van der Waals surface area contributed by atoms with Crippen molar-refractivity contribution in [2.24, 2.45) is 0 Å². The number of rotatable bonds is 3. The van der Waals surface area contributed by atoms with Crippen molar-refractivity contribution >= 4 is 27.4 Å². The van der Waals surface area contributed by atoms with Crippen LogP contribution in [0.5, 0.6) is 0 Å². The summed E-state index contributed by atoms with van der Waals surface area (Å²) in [5.74, 6) is -0.348. The summed E-state index contributed by atoms with van der Waals surface area (Å²) in [5, 5.41) is 15.3. The molecule has 1 aromatic carbocycles. The highest BCUT2D eigenvalue weighted by Crippen LogP contribution is 2.26. The molecule has 1 heterocycles. The van der Waals surface area contributed by atoms with Crippen LogP contribution in [0.25, 0.3) is 5.69 Å². The Labute approximate surface area is 123 Å². The maximum atomic E-state index is 11.6. The van der Waals surface area contributed by atoms with E-state index in [1.165, 1.54) is 19.1 Å². The van der Waals surface area contributed by atoms with Gasteiger partial charge in [0.15, 0.2) is 5.78 Å². The van der Waals surface area contributed by atoms with Crippen LogP contribution >= 0.6 is 15.9 Å². The van der Waals surface area contributed by atoms with Gasteiger partial charge in [0.25, 0.3) is 5.69 Å². The molecule has 20 heavy (non-hydrogen) atoms. The Kier molecular flexibility index (Phi) is 3.71. The van der Waals surface area contributed by atoms with Crippen LogP contribution in [0, 0.1) is 24.0 Å². The minimum absolute atomic E-state index is 0.0798. The zero-order valence-electron chi connectivity index (χ0n) is 11.2. The molecule has 0 atom stereocenters. The van der Waals surface area contributed by atoms with Gasteiger partial charge in [-0.15, -0.1) is 0 Å². The van der Waals surface area contributed by atoms with Crippen molar-refractivity contribution in [2.45, 2.75) is 20.8 Å². The largest absolute Gasteiger partial charge is 0.294 e. The van der Waals surface area contributed by atoms with E-state index in [0.29, 0.717) is 5.69 Å². The summed E-state index contributed by atoms with van der Waals surface area (Å²) in [6, 6.07) is 4.40. The molecule has 0 amide bonds. The molecular weight excluding hydrogens is 326 g/mol. The van der Waals surface area contributed by atoms with Gasteiger partial charge in [-0.2, -0.15) is 5.10 Å². The molecule has 0 N–H and O–H groups in total. The highest BCUT2D eigenvalue weighted by molar-refractivity contribution is 9.10. The standard InChI is InChI=1S/C13H12BrN3O3/c1-7-13(14)8(2)16(15-7)10-4-5-12(17(19)20)11(6-10)9(3)18/h4-6H,1-3H3. The topological polar surface area (TPSA) is 78.0 Å². The van der Waals surface area contributed by atoms with Gasteiger partial charge in [0.2, 0.25) is 0 Å². The molecule has 0 aliphatic rings. The maximum Gasteiger partial charge on any atom is 0.280 e. The predicted octanol–water partition coefficient (Wildman–Crippen LogP) is 3.36. The van der Waals surface area contributed by atoms with Crippen LogP contribution in [0.1, 0.15) is 28.7 Å². The number of hydrogen-bond acceptors (Lipinski definition) is 4. The van der Waals surface area contributed by atoms with E-state index >= 15 is 0 Å². The van der Waals surface area contributed by atoms with Crippen LogP contribution in [0.2, 0.25) is 0 Å². The zero-order valence-corrected chi connectivity index (χ0v) is 12.8. The Morgan fingerprint density at radius 2 is 2.05 bits per heavy atom. The highest BCUT2D eigenvalue weighted by Gasteiger charge is 2.19. The molecule has 2 rings (SSSR count). The van der Waals surface area contributed by atoms with Gasteiger partial charge >= 0.3 is 0 Å². The quantitative estimate of drug-likeness (QED) is 0.488. The zero-order chi connectivity index (χ0) is 15.0. The number of nitrogens with zero attached hydrogens (tertiary/aromatic N) is 3. The number of hydrogen-bond donors (Lipinski definition) is 0. The molecule has 1 aromatic heterocycles. The summed E-state index contributed by atoms with van der Waals surface area (Å²) in [6.07, 6.45) is 0. The molecule has 0 aliphatic heterocycles. The first-order valence-electron chi connectivity index (χ1n) is 5.84. The molecule has 104 valence electrons. The van der Waals surface area contributed by atoms with Gasteiger partial charge in [0.1, 0.15) is 0 Å². The summed E-state index contributed by atoms with van der Waals surface area (Å²) >= 11 is 3.42. The first kappa shape index (κ1) is 14.4. The summed E-state index contributed by atoms with van der Waals surface area (Å²) in [4.78, 5) is 21.9. The van der Waals surface area contributed by atoms with Gasteiger partial charge in [-0.25, -0.2) is 4.68 Å². The van der Waals surface area contributed by atoms with Crippen LogP contribution in [0.3, 0.4) is 0 Å². The Balaban J connectivity index is 2.65. The van der Waals surface area contributed by atoms with E-state index in [4.69, 9.17) is 0 Å². The molecule has 0 radical (unpaired) electrons. The lowest BCUT2D eigenvalue weighted by molar-refractivity contribution is -0.385. The van der Waals surface area contributed by atoms with Gasteiger partial charge in [-0.3, -0.25) is 14.9 Å². The molecule has 0 unspecified atom stereocenters. The number of benzene rings is 1. The monoisotopic (exact) mass is 337 g/mol. The molecule has 0 fully saturated rings. The number of halogens is 1. The third kappa shape index (κ3) is 2.36. The second-order valence-corrected chi connectivity index (χ2v) is 5.20. The normalized spacial score (nSPS) is 10.6. The van der Waals surface area contributed by atoms with E-state index < -0.39 is 4.92 Å². The van der Waals surface area contributed by atoms with Crippen molar-refractivity contribution in [2.75, 3.05) is 0 Å². The second kappa shape index (κ2) is 5.16. The number of nitro groups is 1. The SMILES string of the molecule is CC(=O)c1cc(-n2nc(C)c(Br)c2C)ccc1[N+](=O)[O-]. The number of Topliss-reactive ketones (excluding diaryl/α,β-unsaturated/α-hetero) is 1. The summed E-state index contributed by atoms with van der Waals surface area (Å²) in [7, 11) is 0. The van der Waals surface area contributed by atoms with Gasteiger partial charge in [0.05, 0.1) is 32.0 Å². The van der Waals surface area contributed by atoms with Gasteiger partial charge in [-0.05, 0) is 48.8 Å². The number of ketones is 1. The second-order valence-electron chi connectivity index (χ2n) is 4.41. The van der Waals surface area contributed by atoms with Gasteiger partial charge in [0, 0.05) is 6.07 Å². The Morgan fingerprint density at radius 3 is 2.50 bits per heavy atom. The number of aromatic nitrogens is 2. The lowest BCUT2D eigenvalue weighted by atomic mass is 10.1. The molecule has 0 bridgehead atoms. The van der Waals surface area contributed by atoms with Crippen LogP contribution in [0.15, 0.2) is 22.7 Å².